The summed E-state index contributed by atoms with van der Waals surface area (Å²) in [4.78, 5) is 14.5. The number of carbonyl (C=O) groups excluding carboxylic acids is 1. The van der Waals surface area contributed by atoms with Gasteiger partial charge < -0.3 is 19.5 Å². The molecule has 1 fully saturated rings. The van der Waals surface area contributed by atoms with Gasteiger partial charge in [0.25, 0.3) is 0 Å². The van der Waals surface area contributed by atoms with Crippen molar-refractivity contribution in [3.63, 3.8) is 0 Å². The van der Waals surface area contributed by atoms with Gasteiger partial charge in [0, 0.05) is 38.6 Å². The Kier molecular flexibility index (Phi) is 4.80. The van der Waals surface area contributed by atoms with Gasteiger partial charge in [-0.3, -0.25) is 0 Å². The molecule has 2 heterocycles. The molecule has 2 aliphatic rings. The van der Waals surface area contributed by atoms with Gasteiger partial charge in [0.2, 0.25) is 0 Å². The highest BCUT2D eigenvalue weighted by atomic mass is 16.5. The van der Waals surface area contributed by atoms with Crippen LogP contribution in [-0.2, 0) is 24.2 Å². The molecule has 1 N–H and O–H groups in total. The fourth-order valence-corrected chi connectivity index (χ4v) is 4.54. The number of ether oxygens (including phenoxy) is 1. The first kappa shape index (κ1) is 17.2. The number of nitrogens with zero attached hydrogens (tertiary/aromatic N) is 4. The Balaban J connectivity index is 1.60. The number of fused-ring (bicyclic) bond motifs is 1. The lowest BCUT2D eigenvalue weighted by atomic mass is 9.58. The van der Waals surface area contributed by atoms with Crippen molar-refractivity contribution in [3.8, 4) is 0 Å². The number of urea groups is 1. The number of rotatable bonds is 6. The zero-order valence-corrected chi connectivity index (χ0v) is 15.2. The van der Waals surface area contributed by atoms with Crippen molar-refractivity contribution in [2.45, 2.75) is 71.2 Å². The molecule has 1 aromatic heterocycles. The monoisotopic (exact) mass is 335 g/mol. The van der Waals surface area contributed by atoms with Crippen LogP contribution in [0, 0.1) is 5.41 Å². The number of nitrogens with one attached hydrogen (secondary N) is 1. The first-order chi connectivity index (χ1) is 11.6. The number of amides is 2. The maximum Gasteiger partial charge on any atom is 0.317 e. The van der Waals surface area contributed by atoms with Crippen molar-refractivity contribution in [1.29, 1.82) is 0 Å². The molecule has 134 valence electrons. The second-order valence-electron chi connectivity index (χ2n) is 6.97. The van der Waals surface area contributed by atoms with Crippen LogP contribution in [-0.4, -0.2) is 52.0 Å². The van der Waals surface area contributed by atoms with Crippen LogP contribution in [0.3, 0.4) is 0 Å². The number of hydrogen-bond acceptors (Lipinski definition) is 4. The highest BCUT2D eigenvalue weighted by Gasteiger charge is 2.55. The van der Waals surface area contributed by atoms with Gasteiger partial charge >= 0.3 is 6.03 Å². The quantitative estimate of drug-likeness (QED) is 0.862. The minimum atomic E-state index is -0.0452. The van der Waals surface area contributed by atoms with Crippen molar-refractivity contribution in [2.75, 3.05) is 14.2 Å². The zero-order valence-electron chi connectivity index (χ0n) is 15.2. The van der Waals surface area contributed by atoms with E-state index in [1.54, 1.807) is 7.11 Å². The molecule has 0 radical (unpaired) electrons. The summed E-state index contributed by atoms with van der Waals surface area (Å²) in [5.41, 5.74) is 0.0664. The molecule has 1 saturated carbocycles. The predicted molar refractivity (Wildman–Crippen MR) is 90.6 cm³/mol. The van der Waals surface area contributed by atoms with Crippen molar-refractivity contribution in [3.05, 3.63) is 11.6 Å². The van der Waals surface area contributed by atoms with Crippen LogP contribution in [0.25, 0.3) is 0 Å². The second kappa shape index (κ2) is 6.70. The van der Waals surface area contributed by atoms with Gasteiger partial charge in [0.15, 0.2) is 5.82 Å². The van der Waals surface area contributed by atoms with Crippen LogP contribution in [0.2, 0.25) is 0 Å². The van der Waals surface area contributed by atoms with Gasteiger partial charge in [0.05, 0.1) is 12.6 Å². The van der Waals surface area contributed by atoms with E-state index >= 15 is 0 Å². The van der Waals surface area contributed by atoms with Gasteiger partial charge in [-0.25, -0.2) is 4.79 Å². The second-order valence-corrected chi connectivity index (χ2v) is 6.97. The van der Waals surface area contributed by atoms with E-state index in [1.807, 2.05) is 11.9 Å². The maximum absolute atomic E-state index is 12.6. The average Bonchev–Trinajstić information content (AvgIpc) is 3.17. The van der Waals surface area contributed by atoms with E-state index in [-0.39, 0.29) is 23.6 Å². The maximum atomic E-state index is 12.6. The Labute approximate surface area is 143 Å². The van der Waals surface area contributed by atoms with E-state index in [1.165, 1.54) is 0 Å². The molecule has 0 saturated heterocycles. The third-order valence-electron chi connectivity index (χ3n) is 6.21. The summed E-state index contributed by atoms with van der Waals surface area (Å²) >= 11 is 0. The molecule has 0 unspecified atom stereocenters. The summed E-state index contributed by atoms with van der Waals surface area (Å²) < 4.78 is 7.75. The molecule has 2 amide bonds. The molecule has 0 aromatic carbocycles. The molecular weight excluding hydrogens is 306 g/mol. The van der Waals surface area contributed by atoms with E-state index in [4.69, 9.17) is 4.74 Å². The molecule has 24 heavy (non-hydrogen) atoms. The Hall–Kier alpha value is -1.63. The van der Waals surface area contributed by atoms with Crippen molar-refractivity contribution < 1.29 is 9.53 Å². The van der Waals surface area contributed by atoms with Gasteiger partial charge in [0.1, 0.15) is 5.82 Å². The van der Waals surface area contributed by atoms with Crippen molar-refractivity contribution >= 4 is 6.03 Å². The first-order valence-corrected chi connectivity index (χ1v) is 9.01. The van der Waals surface area contributed by atoms with E-state index in [0.29, 0.717) is 6.54 Å². The molecule has 1 aliphatic heterocycles. The van der Waals surface area contributed by atoms with E-state index in [0.717, 1.165) is 50.3 Å². The van der Waals surface area contributed by atoms with Crippen LogP contribution < -0.4 is 5.32 Å². The van der Waals surface area contributed by atoms with Crippen molar-refractivity contribution in [2.24, 2.45) is 5.41 Å². The topological polar surface area (TPSA) is 72.3 Å². The van der Waals surface area contributed by atoms with Crippen LogP contribution in [0.1, 0.15) is 51.2 Å². The van der Waals surface area contributed by atoms with E-state index in [2.05, 4.69) is 33.9 Å². The molecule has 0 spiro atoms. The zero-order chi connectivity index (χ0) is 17.3. The minimum absolute atomic E-state index is 0.0452. The predicted octanol–water partition coefficient (Wildman–Crippen LogP) is 1.96. The number of methoxy groups -OCH3 is 1. The minimum Gasteiger partial charge on any atom is -0.381 e. The van der Waals surface area contributed by atoms with E-state index < -0.39 is 0 Å². The number of hydrogen-bond donors (Lipinski definition) is 1. The van der Waals surface area contributed by atoms with E-state index in [9.17, 15) is 4.79 Å². The lowest BCUT2D eigenvalue weighted by Gasteiger charge is -2.57. The Morgan fingerprint density at radius 2 is 2.17 bits per heavy atom. The van der Waals surface area contributed by atoms with Crippen LogP contribution in [0.15, 0.2) is 0 Å². The summed E-state index contributed by atoms with van der Waals surface area (Å²) in [6.07, 6.45) is 5.28. The SMILES string of the molecule is CCC1(CC)[C@@H](N(C)C(=O)NCc2nnc3n2CCC3)C[C@H]1OC. The summed E-state index contributed by atoms with van der Waals surface area (Å²) in [6, 6.07) is 0.178. The van der Waals surface area contributed by atoms with Gasteiger partial charge in [-0.1, -0.05) is 13.8 Å². The Bertz CT molecular complexity index is 596. The Morgan fingerprint density at radius 3 is 2.83 bits per heavy atom. The molecule has 7 heteroatoms. The third kappa shape index (κ3) is 2.59. The van der Waals surface area contributed by atoms with Crippen LogP contribution in [0.5, 0.6) is 0 Å². The summed E-state index contributed by atoms with van der Waals surface area (Å²) in [5.74, 6) is 1.88. The fraction of sp³-hybridized carbons (Fsp3) is 0.824. The largest absolute Gasteiger partial charge is 0.381 e. The molecular formula is C17H29N5O2. The molecule has 3 rings (SSSR count). The standard InChI is InChI=1S/C17H29N5O2/c1-5-17(6-2)12(10-13(17)24-4)21(3)16(23)18-11-15-20-19-14-8-7-9-22(14)15/h12-13H,5-11H2,1-4H3,(H,18,23)/t12-,13+/m0/s1. The summed E-state index contributed by atoms with van der Waals surface area (Å²) in [5, 5.41) is 11.4. The number of carbonyl (C=O) groups is 1. The Morgan fingerprint density at radius 1 is 1.42 bits per heavy atom. The van der Waals surface area contributed by atoms with Gasteiger partial charge in [-0.15, -0.1) is 10.2 Å². The lowest BCUT2D eigenvalue weighted by Crippen LogP contribution is -2.65. The van der Waals surface area contributed by atoms with Crippen LogP contribution in [0.4, 0.5) is 4.79 Å². The van der Waals surface area contributed by atoms with Gasteiger partial charge in [-0.05, 0) is 25.7 Å². The third-order valence-corrected chi connectivity index (χ3v) is 6.21. The van der Waals surface area contributed by atoms with Gasteiger partial charge in [-0.2, -0.15) is 0 Å². The lowest BCUT2D eigenvalue weighted by molar-refractivity contribution is -0.146. The average molecular weight is 335 g/mol. The highest BCUT2D eigenvalue weighted by Crippen LogP contribution is 2.50. The smallest absolute Gasteiger partial charge is 0.317 e. The summed E-state index contributed by atoms with van der Waals surface area (Å²) in [7, 11) is 3.66. The first-order valence-electron chi connectivity index (χ1n) is 9.01. The number of aryl methyl sites for hydroxylation is 1. The fourth-order valence-electron chi connectivity index (χ4n) is 4.54. The van der Waals surface area contributed by atoms with Crippen LogP contribution >= 0.6 is 0 Å². The van der Waals surface area contributed by atoms with Crippen molar-refractivity contribution in [1.82, 2.24) is 25.0 Å². The molecule has 0 bridgehead atoms. The molecule has 1 aromatic rings. The normalized spacial score (nSPS) is 24.3. The highest BCUT2D eigenvalue weighted by molar-refractivity contribution is 5.74. The number of aromatic nitrogens is 3. The molecule has 7 nitrogen and oxygen atoms in total. The molecule has 2 atom stereocenters. The summed E-state index contributed by atoms with van der Waals surface area (Å²) in [6.45, 7) is 5.76. The molecule has 1 aliphatic carbocycles.